The molecule has 0 spiro atoms. The van der Waals surface area contributed by atoms with Crippen LogP contribution in [0.3, 0.4) is 0 Å². The summed E-state index contributed by atoms with van der Waals surface area (Å²) < 4.78 is 0. The SMILES string of the molecule is CCC(C)CCCCCCCCCCCCCCC(C)O. The van der Waals surface area contributed by atoms with Crippen molar-refractivity contribution in [3.05, 3.63) is 0 Å². The molecule has 0 rings (SSSR count). The van der Waals surface area contributed by atoms with Gasteiger partial charge in [0, 0.05) is 0 Å². The third-order valence-corrected chi connectivity index (χ3v) is 4.77. The maximum Gasteiger partial charge on any atom is 0.0512 e. The number of aliphatic hydroxyl groups excluding tert-OH is 1. The molecule has 0 bridgehead atoms. The summed E-state index contributed by atoms with van der Waals surface area (Å²) in [4.78, 5) is 0. The zero-order valence-corrected chi connectivity index (χ0v) is 15.2. The van der Waals surface area contributed by atoms with Gasteiger partial charge in [-0.05, 0) is 19.3 Å². The first kappa shape index (κ1) is 21.0. The highest BCUT2D eigenvalue weighted by molar-refractivity contribution is 4.53. The predicted molar refractivity (Wildman–Crippen MR) is 95.8 cm³/mol. The Morgan fingerprint density at radius 3 is 1.24 bits per heavy atom. The van der Waals surface area contributed by atoms with Gasteiger partial charge in [0.15, 0.2) is 0 Å². The Kier molecular flexibility index (Phi) is 16.3. The van der Waals surface area contributed by atoms with E-state index in [4.69, 9.17) is 5.11 Å². The highest BCUT2D eigenvalue weighted by atomic mass is 16.3. The summed E-state index contributed by atoms with van der Waals surface area (Å²) in [6.45, 7) is 6.58. The summed E-state index contributed by atoms with van der Waals surface area (Å²) in [7, 11) is 0. The molecule has 21 heavy (non-hydrogen) atoms. The molecule has 0 heterocycles. The molecule has 0 amide bonds. The zero-order chi connectivity index (χ0) is 15.8. The Labute approximate surface area is 134 Å². The average Bonchev–Trinajstić information content (AvgIpc) is 2.46. The number of aliphatic hydroxyl groups is 1. The first-order chi connectivity index (χ1) is 10.2. The first-order valence-electron chi connectivity index (χ1n) is 9.84. The Morgan fingerprint density at radius 2 is 0.905 bits per heavy atom. The monoisotopic (exact) mass is 298 g/mol. The minimum atomic E-state index is -0.102. The van der Waals surface area contributed by atoms with Crippen LogP contribution in [0.4, 0.5) is 0 Å². The van der Waals surface area contributed by atoms with Gasteiger partial charge >= 0.3 is 0 Å². The molecule has 0 aromatic heterocycles. The van der Waals surface area contributed by atoms with Crippen molar-refractivity contribution in [1.82, 2.24) is 0 Å². The summed E-state index contributed by atoms with van der Waals surface area (Å²) >= 11 is 0. The van der Waals surface area contributed by atoms with E-state index in [9.17, 15) is 0 Å². The molecule has 0 saturated carbocycles. The van der Waals surface area contributed by atoms with Crippen LogP contribution in [-0.2, 0) is 0 Å². The van der Waals surface area contributed by atoms with Crippen molar-refractivity contribution in [1.29, 1.82) is 0 Å². The van der Waals surface area contributed by atoms with Gasteiger partial charge in [-0.2, -0.15) is 0 Å². The fourth-order valence-corrected chi connectivity index (χ4v) is 2.90. The number of unbranched alkanes of at least 4 members (excludes halogenated alkanes) is 11. The minimum Gasteiger partial charge on any atom is -0.393 e. The van der Waals surface area contributed by atoms with Crippen LogP contribution in [0.5, 0.6) is 0 Å². The van der Waals surface area contributed by atoms with Gasteiger partial charge in [-0.1, -0.05) is 104 Å². The van der Waals surface area contributed by atoms with E-state index >= 15 is 0 Å². The van der Waals surface area contributed by atoms with Crippen molar-refractivity contribution in [3.63, 3.8) is 0 Å². The van der Waals surface area contributed by atoms with E-state index in [1.807, 2.05) is 6.92 Å². The van der Waals surface area contributed by atoms with Gasteiger partial charge in [-0.3, -0.25) is 0 Å². The standard InChI is InChI=1S/C20H42O/c1-4-19(2)17-15-13-11-9-7-5-6-8-10-12-14-16-18-20(3)21/h19-21H,4-18H2,1-3H3. The second kappa shape index (κ2) is 16.3. The van der Waals surface area contributed by atoms with E-state index < -0.39 is 0 Å². The lowest BCUT2D eigenvalue weighted by Gasteiger charge is -2.07. The molecule has 2 unspecified atom stereocenters. The topological polar surface area (TPSA) is 20.2 Å². The quantitative estimate of drug-likeness (QED) is 0.308. The molecule has 0 radical (unpaired) electrons. The maximum atomic E-state index is 9.17. The minimum absolute atomic E-state index is 0.102. The van der Waals surface area contributed by atoms with Gasteiger partial charge in [0.05, 0.1) is 6.10 Å². The lowest BCUT2D eigenvalue weighted by molar-refractivity contribution is 0.180. The van der Waals surface area contributed by atoms with Crippen LogP contribution in [0.2, 0.25) is 0 Å². The van der Waals surface area contributed by atoms with Gasteiger partial charge in [0.25, 0.3) is 0 Å². The van der Waals surface area contributed by atoms with Crippen LogP contribution in [0.25, 0.3) is 0 Å². The van der Waals surface area contributed by atoms with E-state index in [0.717, 1.165) is 12.3 Å². The van der Waals surface area contributed by atoms with Crippen molar-refractivity contribution in [2.45, 2.75) is 123 Å². The van der Waals surface area contributed by atoms with Gasteiger partial charge < -0.3 is 5.11 Å². The van der Waals surface area contributed by atoms with Crippen LogP contribution < -0.4 is 0 Å². The van der Waals surface area contributed by atoms with Gasteiger partial charge in [-0.15, -0.1) is 0 Å². The third-order valence-electron chi connectivity index (χ3n) is 4.77. The van der Waals surface area contributed by atoms with Crippen molar-refractivity contribution >= 4 is 0 Å². The molecule has 0 aromatic rings. The van der Waals surface area contributed by atoms with E-state index in [1.165, 1.54) is 89.9 Å². The summed E-state index contributed by atoms with van der Waals surface area (Å²) in [5.74, 6) is 0.936. The van der Waals surface area contributed by atoms with Crippen LogP contribution in [0, 0.1) is 5.92 Å². The van der Waals surface area contributed by atoms with Gasteiger partial charge in [0.1, 0.15) is 0 Å². The Hall–Kier alpha value is -0.0400. The Balaban J connectivity index is 2.99. The molecule has 0 saturated heterocycles. The fourth-order valence-electron chi connectivity index (χ4n) is 2.90. The van der Waals surface area contributed by atoms with Gasteiger partial charge in [-0.25, -0.2) is 0 Å². The Bertz CT molecular complexity index is 188. The number of hydrogen-bond donors (Lipinski definition) is 1. The highest BCUT2D eigenvalue weighted by Gasteiger charge is 1.98. The van der Waals surface area contributed by atoms with Gasteiger partial charge in [0.2, 0.25) is 0 Å². The van der Waals surface area contributed by atoms with E-state index in [1.54, 1.807) is 0 Å². The van der Waals surface area contributed by atoms with Crippen LogP contribution in [-0.4, -0.2) is 11.2 Å². The third kappa shape index (κ3) is 17.9. The molecular weight excluding hydrogens is 256 g/mol. The molecule has 1 nitrogen and oxygen atoms in total. The van der Waals surface area contributed by atoms with E-state index in [2.05, 4.69) is 13.8 Å². The smallest absolute Gasteiger partial charge is 0.0512 e. The summed E-state index contributed by atoms with van der Waals surface area (Å²) in [6.07, 6.45) is 20.5. The predicted octanol–water partition coefficient (Wildman–Crippen LogP) is 6.87. The lowest BCUT2D eigenvalue weighted by Crippen LogP contribution is -1.98. The molecular formula is C20H42O. The van der Waals surface area contributed by atoms with Crippen LogP contribution in [0.1, 0.15) is 117 Å². The molecule has 128 valence electrons. The second-order valence-electron chi connectivity index (χ2n) is 7.18. The van der Waals surface area contributed by atoms with Crippen LogP contribution in [0.15, 0.2) is 0 Å². The molecule has 0 aliphatic rings. The van der Waals surface area contributed by atoms with Crippen molar-refractivity contribution in [3.8, 4) is 0 Å². The first-order valence-corrected chi connectivity index (χ1v) is 9.84. The molecule has 0 aliphatic carbocycles. The summed E-state index contributed by atoms with van der Waals surface area (Å²) in [5, 5.41) is 9.17. The van der Waals surface area contributed by atoms with Crippen LogP contribution >= 0.6 is 0 Å². The molecule has 1 N–H and O–H groups in total. The summed E-state index contributed by atoms with van der Waals surface area (Å²) in [6, 6.07) is 0. The Morgan fingerprint density at radius 1 is 0.571 bits per heavy atom. The van der Waals surface area contributed by atoms with E-state index in [0.29, 0.717) is 0 Å². The largest absolute Gasteiger partial charge is 0.393 e. The molecule has 0 aliphatic heterocycles. The molecule has 0 fully saturated rings. The highest BCUT2D eigenvalue weighted by Crippen LogP contribution is 2.15. The number of hydrogen-bond acceptors (Lipinski definition) is 1. The normalized spacial score (nSPS) is 14.3. The molecule has 0 aromatic carbocycles. The fraction of sp³-hybridized carbons (Fsp3) is 1.00. The zero-order valence-electron chi connectivity index (χ0n) is 15.2. The number of rotatable bonds is 16. The van der Waals surface area contributed by atoms with Crippen molar-refractivity contribution in [2.24, 2.45) is 5.92 Å². The average molecular weight is 299 g/mol. The van der Waals surface area contributed by atoms with Crippen molar-refractivity contribution < 1.29 is 5.11 Å². The second-order valence-corrected chi connectivity index (χ2v) is 7.18. The maximum absolute atomic E-state index is 9.17. The lowest BCUT2D eigenvalue weighted by atomic mass is 9.99. The molecule has 2 atom stereocenters. The van der Waals surface area contributed by atoms with E-state index in [-0.39, 0.29) is 6.10 Å². The summed E-state index contributed by atoms with van der Waals surface area (Å²) in [5.41, 5.74) is 0. The molecule has 1 heteroatoms. The van der Waals surface area contributed by atoms with Crippen molar-refractivity contribution in [2.75, 3.05) is 0 Å².